The molecule has 0 spiro atoms. The third-order valence-electron chi connectivity index (χ3n) is 5.18. The fraction of sp³-hybridized carbons (Fsp3) is 0.318. The summed E-state index contributed by atoms with van der Waals surface area (Å²) in [6.07, 6.45) is 5.37. The van der Waals surface area contributed by atoms with Gasteiger partial charge in [-0.1, -0.05) is 6.07 Å². The van der Waals surface area contributed by atoms with Crippen molar-refractivity contribution in [1.82, 2.24) is 5.32 Å². The van der Waals surface area contributed by atoms with Crippen LogP contribution in [0.3, 0.4) is 0 Å². The molecule has 2 heterocycles. The summed E-state index contributed by atoms with van der Waals surface area (Å²) in [6.45, 7) is 3.19. The third-order valence-corrected chi connectivity index (χ3v) is 5.18. The maximum absolute atomic E-state index is 13.0. The minimum atomic E-state index is -0.218. The fourth-order valence-corrected chi connectivity index (χ4v) is 3.67. The third kappa shape index (κ3) is 4.30. The van der Waals surface area contributed by atoms with Crippen LogP contribution in [0.4, 0.5) is 10.1 Å². The van der Waals surface area contributed by atoms with Crippen LogP contribution in [0.2, 0.25) is 0 Å². The van der Waals surface area contributed by atoms with Gasteiger partial charge in [-0.15, -0.1) is 0 Å². The van der Waals surface area contributed by atoms with Crippen LogP contribution >= 0.6 is 0 Å². The average Bonchev–Trinajstić information content (AvgIpc) is 3.34. The molecule has 2 aromatic carbocycles. The Bertz CT molecular complexity index is 848. The molecule has 1 amide bonds. The zero-order valence-corrected chi connectivity index (χ0v) is 15.2. The van der Waals surface area contributed by atoms with Crippen molar-refractivity contribution >= 4 is 17.7 Å². The van der Waals surface area contributed by atoms with Crippen LogP contribution in [0.1, 0.15) is 17.5 Å². The summed E-state index contributed by atoms with van der Waals surface area (Å²) in [7, 11) is 0. The van der Waals surface area contributed by atoms with Gasteiger partial charge in [-0.05, 0) is 65.9 Å². The minimum absolute atomic E-state index is 0.0769. The summed E-state index contributed by atoms with van der Waals surface area (Å²) in [5.41, 5.74) is 3.24. The number of carbonyl (C=O) groups excluding carboxylic acids is 1. The highest BCUT2D eigenvalue weighted by atomic mass is 19.1. The highest BCUT2D eigenvalue weighted by molar-refractivity contribution is 5.91. The predicted octanol–water partition coefficient (Wildman–Crippen LogP) is 3.42. The maximum Gasteiger partial charge on any atom is 0.244 e. The molecule has 2 aliphatic rings. The Morgan fingerprint density at radius 3 is 2.96 bits per heavy atom. The molecule has 0 saturated carbocycles. The van der Waals surface area contributed by atoms with E-state index in [-0.39, 0.29) is 11.7 Å². The number of benzene rings is 2. The number of carbonyl (C=O) groups is 1. The molecule has 0 aliphatic carbocycles. The van der Waals surface area contributed by atoms with E-state index in [1.807, 2.05) is 18.2 Å². The molecular formula is C22H23FN2O2. The molecule has 1 N–H and O–H groups in total. The Morgan fingerprint density at radius 1 is 1.26 bits per heavy atom. The lowest BCUT2D eigenvalue weighted by Gasteiger charge is -2.18. The van der Waals surface area contributed by atoms with Crippen molar-refractivity contribution in [2.45, 2.75) is 12.8 Å². The topological polar surface area (TPSA) is 41.6 Å². The van der Waals surface area contributed by atoms with E-state index in [0.717, 1.165) is 49.5 Å². The number of rotatable bonds is 5. The van der Waals surface area contributed by atoms with Gasteiger partial charge in [0, 0.05) is 37.8 Å². The van der Waals surface area contributed by atoms with Crippen molar-refractivity contribution in [3.63, 3.8) is 0 Å². The molecule has 1 fully saturated rings. The first-order valence-corrected chi connectivity index (χ1v) is 9.39. The van der Waals surface area contributed by atoms with E-state index in [0.29, 0.717) is 12.5 Å². The van der Waals surface area contributed by atoms with E-state index in [2.05, 4.69) is 16.3 Å². The lowest BCUT2D eigenvalue weighted by Crippen LogP contribution is -2.29. The molecule has 1 saturated heterocycles. The molecule has 2 aromatic rings. The zero-order valence-electron chi connectivity index (χ0n) is 15.2. The molecule has 0 bridgehead atoms. The number of ether oxygens (including phenoxy) is 1. The normalized spacial score (nSPS) is 18.6. The van der Waals surface area contributed by atoms with Gasteiger partial charge in [0.25, 0.3) is 0 Å². The molecule has 5 heteroatoms. The molecular weight excluding hydrogens is 343 g/mol. The molecule has 0 aromatic heterocycles. The average molecular weight is 366 g/mol. The van der Waals surface area contributed by atoms with Gasteiger partial charge in [0.15, 0.2) is 0 Å². The Hall–Kier alpha value is -2.82. The molecule has 27 heavy (non-hydrogen) atoms. The van der Waals surface area contributed by atoms with E-state index in [9.17, 15) is 9.18 Å². The van der Waals surface area contributed by atoms with E-state index in [4.69, 9.17) is 4.74 Å². The van der Waals surface area contributed by atoms with Gasteiger partial charge in [0.05, 0.1) is 6.61 Å². The van der Waals surface area contributed by atoms with Crippen LogP contribution in [-0.4, -0.2) is 32.1 Å². The van der Waals surface area contributed by atoms with Crippen LogP contribution in [-0.2, 0) is 11.2 Å². The van der Waals surface area contributed by atoms with Crippen molar-refractivity contribution in [1.29, 1.82) is 0 Å². The SMILES string of the molecule is O=C(/C=C/c1ccc2c(c1)CCO2)NC[C@@H]1CCN(c2ccc(F)cc2)C1. The molecule has 2 aliphatic heterocycles. The van der Waals surface area contributed by atoms with E-state index in [1.165, 1.54) is 17.7 Å². The summed E-state index contributed by atoms with van der Waals surface area (Å²) >= 11 is 0. The molecule has 4 rings (SSSR count). The molecule has 0 radical (unpaired) electrons. The molecule has 1 atom stereocenters. The van der Waals surface area contributed by atoms with Gasteiger partial charge in [0.1, 0.15) is 11.6 Å². The Labute approximate surface area is 158 Å². The van der Waals surface area contributed by atoms with Gasteiger partial charge in [-0.25, -0.2) is 4.39 Å². The summed E-state index contributed by atoms with van der Waals surface area (Å²) in [5, 5.41) is 2.99. The van der Waals surface area contributed by atoms with Crippen molar-refractivity contribution < 1.29 is 13.9 Å². The first-order valence-electron chi connectivity index (χ1n) is 9.39. The summed E-state index contributed by atoms with van der Waals surface area (Å²) in [6, 6.07) is 12.6. The largest absolute Gasteiger partial charge is 0.493 e. The summed E-state index contributed by atoms with van der Waals surface area (Å²) in [4.78, 5) is 14.4. The van der Waals surface area contributed by atoms with Crippen molar-refractivity contribution in [2.24, 2.45) is 5.92 Å². The van der Waals surface area contributed by atoms with Crippen molar-refractivity contribution in [3.8, 4) is 5.75 Å². The number of nitrogens with one attached hydrogen (secondary N) is 1. The number of hydrogen-bond donors (Lipinski definition) is 1. The smallest absolute Gasteiger partial charge is 0.244 e. The number of amides is 1. The number of halogens is 1. The highest BCUT2D eigenvalue weighted by Crippen LogP contribution is 2.26. The zero-order chi connectivity index (χ0) is 18.6. The van der Waals surface area contributed by atoms with Crippen LogP contribution in [0, 0.1) is 11.7 Å². The van der Waals surface area contributed by atoms with Crippen LogP contribution < -0.4 is 15.0 Å². The summed E-state index contributed by atoms with van der Waals surface area (Å²) < 4.78 is 18.5. The van der Waals surface area contributed by atoms with Crippen LogP contribution in [0.25, 0.3) is 6.08 Å². The monoisotopic (exact) mass is 366 g/mol. The second kappa shape index (κ2) is 7.82. The van der Waals surface area contributed by atoms with Gasteiger partial charge < -0.3 is 15.0 Å². The van der Waals surface area contributed by atoms with Crippen molar-refractivity contribution in [3.05, 3.63) is 65.5 Å². The Kier molecular flexibility index (Phi) is 5.10. The van der Waals surface area contributed by atoms with E-state index in [1.54, 1.807) is 18.2 Å². The first-order chi connectivity index (χ1) is 13.2. The Balaban J connectivity index is 1.25. The van der Waals surface area contributed by atoms with Gasteiger partial charge in [-0.2, -0.15) is 0 Å². The number of fused-ring (bicyclic) bond motifs is 1. The number of hydrogen-bond acceptors (Lipinski definition) is 3. The predicted molar refractivity (Wildman–Crippen MR) is 104 cm³/mol. The van der Waals surface area contributed by atoms with Gasteiger partial charge in [0.2, 0.25) is 5.91 Å². The van der Waals surface area contributed by atoms with E-state index >= 15 is 0 Å². The van der Waals surface area contributed by atoms with Crippen LogP contribution in [0.5, 0.6) is 5.75 Å². The maximum atomic E-state index is 13.0. The van der Waals surface area contributed by atoms with Gasteiger partial charge in [-0.3, -0.25) is 4.79 Å². The van der Waals surface area contributed by atoms with Gasteiger partial charge >= 0.3 is 0 Å². The second-order valence-corrected chi connectivity index (χ2v) is 7.12. The summed E-state index contributed by atoms with van der Waals surface area (Å²) in [5.74, 6) is 1.06. The fourth-order valence-electron chi connectivity index (χ4n) is 3.67. The number of anilines is 1. The molecule has 0 unspecified atom stereocenters. The highest BCUT2D eigenvalue weighted by Gasteiger charge is 2.22. The lowest BCUT2D eigenvalue weighted by atomic mass is 10.1. The quantitative estimate of drug-likeness (QED) is 0.825. The lowest BCUT2D eigenvalue weighted by molar-refractivity contribution is -0.116. The van der Waals surface area contributed by atoms with E-state index < -0.39 is 0 Å². The Morgan fingerprint density at radius 2 is 2.11 bits per heavy atom. The molecule has 4 nitrogen and oxygen atoms in total. The standard InChI is InChI=1S/C22H23FN2O2/c23-19-3-5-20(6-4-19)25-11-9-17(15-25)14-24-22(26)8-2-16-1-7-21-18(13-16)10-12-27-21/h1-8,13,17H,9-12,14-15H2,(H,24,26)/b8-2+/t17-/m0/s1. The molecule has 140 valence electrons. The second-order valence-electron chi connectivity index (χ2n) is 7.12. The number of nitrogens with zero attached hydrogens (tertiary/aromatic N) is 1. The minimum Gasteiger partial charge on any atom is -0.493 e. The van der Waals surface area contributed by atoms with Crippen molar-refractivity contribution in [2.75, 3.05) is 31.1 Å². The van der Waals surface area contributed by atoms with Crippen LogP contribution in [0.15, 0.2) is 48.5 Å². The first kappa shape index (κ1) is 17.6.